The number of amides is 2. The van der Waals surface area contributed by atoms with Crippen LogP contribution in [-0.2, 0) is 9.47 Å². The highest BCUT2D eigenvalue weighted by molar-refractivity contribution is 5.67. The average molecular weight is 267 g/mol. The van der Waals surface area contributed by atoms with Crippen LogP contribution in [0.5, 0.6) is 0 Å². The van der Waals surface area contributed by atoms with E-state index < -0.39 is 50.4 Å². The number of carbonyl (C=O) groups is 2. The molecule has 1 unspecified atom stereocenters. The fraction of sp³-hybridized carbons (Fsp3) is 0.833. The molecule has 0 radical (unpaired) electrons. The molecule has 0 fully saturated rings. The molecule has 6 nitrogen and oxygen atoms in total. The largest absolute Gasteiger partial charge is 0.449 e. The molecule has 0 spiro atoms. The molecule has 0 bridgehead atoms. The van der Waals surface area contributed by atoms with Crippen LogP contribution in [0.2, 0.25) is 0 Å². The number of rotatable bonds is 7. The van der Waals surface area contributed by atoms with Crippen LogP contribution >= 0.6 is 0 Å². The number of nitrogens with two attached hydrogens (primary N) is 1. The van der Waals surface area contributed by atoms with E-state index in [1.165, 1.54) is 0 Å². The predicted molar refractivity (Wildman–Crippen MR) is 68.2 cm³/mol. The SMILES string of the molecule is [2H]C([2H])([2H])C([2H])([2H])C([2H])([2H])C(C)(COC(N)=O)COC(=O)NC(C)C. The molecule has 18 heavy (non-hydrogen) atoms. The highest BCUT2D eigenvalue weighted by Gasteiger charge is 2.27. The number of nitrogens with one attached hydrogen (secondary N) is 1. The maximum atomic E-state index is 11.6. The first-order valence-electron chi connectivity index (χ1n) is 8.83. The Kier molecular flexibility index (Phi) is 3.40. The van der Waals surface area contributed by atoms with Gasteiger partial charge in [-0.05, 0) is 20.2 Å². The summed E-state index contributed by atoms with van der Waals surface area (Å²) in [6.45, 7) is -0.444. The van der Waals surface area contributed by atoms with Gasteiger partial charge in [0.05, 0.1) is 0 Å². The molecule has 0 aromatic carbocycles. The summed E-state index contributed by atoms with van der Waals surface area (Å²) in [5.74, 6) is 0. The van der Waals surface area contributed by atoms with Gasteiger partial charge in [-0.1, -0.05) is 20.1 Å². The quantitative estimate of drug-likeness (QED) is 0.738. The zero-order chi connectivity index (χ0) is 20.3. The van der Waals surface area contributed by atoms with Crippen molar-refractivity contribution in [3.05, 3.63) is 0 Å². The van der Waals surface area contributed by atoms with Crippen molar-refractivity contribution in [3.8, 4) is 0 Å². The van der Waals surface area contributed by atoms with Crippen molar-refractivity contribution >= 4 is 12.2 Å². The van der Waals surface area contributed by atoms with E-state index in [1.807, 2.05) is 0 Å². The number of carbonyl (C=O) groups excluding carboxylic acids is 2. The van der Waals surface area contributed by atoms with Crippen molar-refractivity contribution in [1.82, 2.24) is 5.32 Å². The van der Waals surface area contributed by atoms with Gasteiger partial charge in [-0.2, -0.15) is 0 Å². The van der Waals surface area contributed by atoms with Crippen molar-refractivity contribution in [3.63, 3.8) is 0 Å². The van der Waals surface area contributed by atoms with Crippen molar-refractivity contribution in [1.29, 1.82) is 0 Å². The Labute approximate surface area is 118 Å². The monoisotopic (exact) mass is 267 g/mol. The molecule has 0 aliphatic rings. The first-order chi connectivity index (χ1) is 11.0. The van der Waals surface area contributed by atoms with Crippen LogP contribution in [0.1, 0.15) is 50.0 Å². The van der Waals surface area contributed by atoms with Crippen molar-refractivity contribution in [2.75, 3.05) is 13.2 Å². The molecule has 0 aliphatic carbocycles. The lowest BCUT2D eigenvalue weighted by Gasteiger charge is -2.27. The zero-order valence-corrected chi connectivity index (χ0v) is 10.7. The Balaban J connectivity index is 5.65. The van der Waals surface area contributed by atoms with Gasteiger partial charge in [0.1, 0.15) is 13.2 Å². The van der Waals surface area contributed by atoms with Crippen molar-refractivity contribution in [2.24, 2.45) is 11.1 Å². The second kappa shape index (κ2) is 7.79. The van der Waals surface area contributed by atoms with Crippen molar-refractivity contribution in [2.45, 2.75) is 46.4 Å². The molecule has 106 valence electrons. The van der Waals surface area contributed by atoms with Crippen molar-refractivity contribution < 1.29 is 28.7 Å². The highest BCUT2D eigenvalue weighted by atomic mass is 16.6. The van der Waals surface area contributed by atoms with Gasteiger partial charge in [0, 0.05) is 21.1 Å². The summed E-state index contributed by atoms with van der Waals surface area (Å²) in [5.41, 5.74) is 2.83. The number of hydrogen-bond donors (Lipinski definition) is 2. The third kappa shape index (κ3) is 7.76. The van der Waals surface area contributed by atoms with Gasteiger partial charge in [0.15, 0.2) is 0 Å². The number of alkyl carbamates (subject to hydrolysis) is 1. The fourth-order valence-electron chi connectivity index (χ4n) is 0.997. The van der Waals surface area contributed by atoms with E-state index in [-0.39, 0.29) is 6.04 Å². The smallest absolute Gasteiger partial charge is 0.407 e. The molecule has 0 saturated heterocycles. The molecule has 0 saturated carbocycles. The van der Waals surface area contributed by atoms with E-state index in [0.717, 1.165) is 6.92 Å². The second-order valence-corrected chi connectivity index (χ2v) is 4.29. The van der Waals surface area contributed by atoms with Crippen LogP contribution in [0.25, 0.3) is 0 Å². The minimum absolute atomic E-state index is 0.272. The molecular formula is C12H24N2O4. The minimum Gasteiger partial charge on any atom is -0.449 e. The Hall–Kier alpha value is -1.46. The van der Waals surface area contributed by atoms with Crippen LogP contribution in [-0.4, -0.2) is 31.4 Å². The van der Waals surface area contributed by atoms with Gasteiger partial charge in [0.25, 0.3) is 0 Å². The lowest BCUT2D eigenvalue weighted by atomic mass is 9.87. The van der Waals surface area contributed by atoms with Gasteiger partial charge in [0.2, 0.25) is 0 Å². The summed E-state index contributed by atoms with van der Waals surface area (Å²) in [5, 5.41) is 2.38. The average Bonchev–Trinajstić information content (AvgIpc) is 2.40. The summed E-state index contributed by atoms with van der Waals surface area (Å²) in [6.07, 6.45) is -8.57. The summed E-state index contributed by atoms with van der Waals surface area (Å²) in [7, 11) is 0. The first kappa shape index (κ1) is 7.86. The van der Waals surface area contributed by atoms with Gasteiger partial charge in [-0.15, -0.1) is 0 Å². The molecule has 0 aliphatic heterocycles. The van der Waals surface area contributed by atoms with Gasteiger partial charge in [-0.3, -0.25) is 0 Å². The van der Waals surface area contributed by atoms with Crippen LogP contribution in [0.4, 0.5) is 9.59 Å². The fourth-order valence-corrected chi connectivity index (χ4v) is 0.997. The van der Waals surface area contributed by atoms with E-state index in [0.29, 0.717) is 0 Å². The van der Waals surface area contributed by atoms with E-state index in [1.54, 1.807) is 13.8 Å². The molecule has 0 aromatic heterocycles. The normalized spacial score (nSPS) is 21.9. The highest BCUT2D eigenvalue weighted by Crippen LogP contribution is 2.24. The molecule has 0 heterocycles. The number of primary amides is 1. The summed E-state index contributed by atoms with van der Waals surface area (Å²) in [4.78, 5) is 22.5. The molecule has 6 heteroatoms. The van der Waals surface area contributed by atoms with Crippen LogP contribution in [0.15, 0.2) is 0 Å². The Morgan fingerprint density at radius 3 is 2.56 bits per heavy atom. The van der Waals surface area contributed by atoms with Crippen LogP contribution in [0, 0.1) is 5.41 Å². The maximum Gasteiger partial charge on any atom is 0.407 e. The zero-order valence-electron chi connectivity index (χ0n) is 17.7. The third-order valence-electron chi connectivity index (χ3n) is 1.83. The van der Waals surface area contributed by atoms with Gasteiger partial charge < -0.3 is 20.5 Å². The molecule has 0 aromatic rings. The third-order valence-corrected chi connectivity index (χ3v) is 1.83. The number of hydrogen-bond acceptors (Lipinski definition) is 4. The maximum absolute atomic E-state index is 11.6. The summed E-state index contributed by atoms with van der Waals surface area (Å²) in [6, 6.07) is -0.272. The molecule has 2 amide bonds. The van der Waals surface area contributed by atoms with Crippen LogP contribution in [0.3, 0.4) is 0 Å². The van der Waals surface area contributed by atoms with Gasteiger partial charge in [-0.25, -0.2) is 9.59 Å². The Morgan fingerprint density at radius 1 is 1.44 bits per heavy atom. The minimum atomic E-state index is -3.33. The van der Waals surface area contributed by atoms with E-state index in [9.17, 15) is 9.59 Å². The molecular weight excluding hydrogens is 236 g/mol. The first-order valence-corrected chi connectivity index (χ1v) is 5.33. The molecule has 3 N–H and O–H groups in total. The van der Waals surface area contributed by atoms with Crippen LogP contribution < -0.4 is 11.1 Å². The van der Waals surface area contributed by atoms with E-state index in [4.69, 9.17) is 20.1 Å². The summed E-state index contributed by atoms with van der Waals surface area (Å²) >= 11 is 0. The lowest BCUT2D eigenvalue weighted by Crippen LogP contribution is -2.37. The number of ether oxygens (including phenoxy) is 2. The van der Waals surface area contributed by atoms with E-state index >= 15 is 0 Å². The Morgan fingerprint density at radius 2 is 2.06 bits per heavy atom. The van der Waals surface area contributed by atoms with E-state index in [2.05, 4.69) is 10.1 Å². The second-order valence-electron chi connectivity index (χ2n) is 4.29. The molecule has 0 rings (SSSR count). The molecule has 1 atom stereocenters. The standard InChI is InChI=1S/C12H24N2O4/c1-5-6-12(4,7-17-10(13)15)8-18-11(16)14-9(2)3/h9H,5-8H2,1-4H3,(H2,13,15)(H,14,16)/i1D3,5D2,6D2. The topological polar surface area (TPSA) is 90.7 Å². The van der Waals surface area contributed by atoms with Gasteiger partial charge >= 0.3 is 12.2 Å². The Bertz CT molecular complexity index is 496. The predicted octanol–water partition coefficient (Wildman–Crippen LogP) is 2.02. The summed E-state index contributed by atoms with van der Waals surface area (Å²) < 4.78 is 62.8. The lowest BCUT2D eigenvalue weighted by molar-refractivity contribution is 0.0333.